The average Bonchev–Trinajstić information content (AvgIpc) is 2.33. The smallest absolute Gasteiger partial charge is 0.309 e. The lowest BCUT2D eigenvalue weighted by molar-refractivity contribution is -0.168. The molecule has 1 N–H and O–H groups in total. The zero-order valence-electron chi connectivity index (χ0n) is 9.93. The average molecular weight is 287 g/mol. The summed E-state index contributed by atoms with van der Waals surface area (Å²) in [5.41, 5.74) is -0.679. The number of hydrogen-bond donors (Lipinski definition) is 1. The molecule has 0 radical (unpaired) electrons. The van der Waals surface area contributed by atoms with Crippen molar-refractivity contribution in [2.75, 3.05) is 24.7 Å². The minimum absolute atomic E-state index is 0.443. The first-order chi connectivity index (χ1) is 8.46. The van der Waals surface area contributed by atoms with Crippen LogP contribution in [-0.4, -0.2) is 48.6 Å². The van der Waals surface area contributed by atoms with Crippen molar-refractivity contribution in [3.05, 3.63) is 0 Å². The molecule has 2 aliphatic rings. The van der Waals surface area contributed by atoms with E-state index in [0.29, 0.717) is 26.0 Å². The van der Waals surface area contributed by atoms with Gasteiger partial charge < -0.3 is 10.1 Å². The van der Waals surface area contributed by atoms with Crippen LogP contribution < -0.4 is 5.32 Å². The highest BCUT2D eigenvalue weighted by Crippen LogP contribution is 2.40. The van der Waals surface area contributed by atoms with Crippen LogP contribution in [-0.2, 0) is 4.74 Å². The van der Waals surface area contributed by atoms with Crippen LogP contribution in [0.15, 0.2) is 0 Å². The van der Waals surface area contributed by atoms with Gasteiger partial charge in [0.25, 0.3) is 0 Å². The van der Waals surface area contributed by atoms with Crippen LogP contribution in [0.1, 0.15) is 19.3 Å². The summed E-state index contributed by atoms with van der Waals surface area (Å²) in [5, 5.41) is 2.94. The number of hydrogen-bond acceptors (Lipinski definition) is 3. The van der Waals surface area contributed by atoms with E-state index >= 15 is 0 Å². The van der Waals surface area contributed by atoms with Gasteiger partial charge in [-0.25, -0.2) is 17.6 Å². The summed E-state index contributed by atoms with van der Waals surface area (Å²) in [5.74, 6) is -2.28. The van der Waals surface area contributed by atoms with E-state index in [0.717, 1.165) is 11.5 Å². The quantitative estimate of drug-likeness (QED) is 0.806. The molecule has 18 heavy (non-hydrogen) atoms. The number of morpholine rings is 1. The molecule has 2 nitrogen and oxygen atoms in total. The van der Waals surface area contributed by atoms with Crippen molar-refractivity contribution < 1.29 is 22.3 Å². The van der Waals surface area contributed by atoms with Crippen LogP contribution in [0.3, 0.4) is 0 Å². The molecular formula is C11H17F4NOS. The van der Waals surface area contributed by atoms with Gasteiger partial charge in [-0.15, -0.1) is 0 Å². The second-order valence-electron chi connectivity index (χ2n) is 4.80. The van der Waals surface area contributed by atoms with E-state index in [1.807, 2.05) is 0 Å². The van der Waals surface area contributed by atoms with Crippen molar-refractivity contribution in [1.82, 2.24) is 5.32 Å². The van der Waals surface area contributed by atoms with Crippen LogP contribution in [0, 0.1) is 0 Å². The summed E-state index contributed by atoms with van der Waals surface area (Å²) >= 11 is 1.75. The third-order valence-corrected chi connectivity index (χ3v) is 4.64. The van der Waals surface area contributed by atoms with Gasteiger partial charge in [0.15, 0.2) is 0 Å². The first kappa shape index (κ1) is 14.4. The summed E-state index contributed by atoms with van der Waals surface area (Å²) in [7, 11) is 0. The topological polar surface area (TPSA) is 21.3 Å². The molecule has 0 aromatic carbocycles. The molecule has 0 aliphatic carbocycles. The highest BCUT2D eigenvalue weighted by molar-refractivity contribution is 7.99. The predicted molar refractivity (Wildman–Crippen MR) is 62.6 cm³/mol. The predicted octanol–water partition coefficient (Wildman–Crippen LogP) is 2.53. The van der Waals surface area contributed by atoms with Crippen molar-refractivity contribution >= 4 is 11.8 Å². The molecule has 1 atom stereocenters. The van der Waals surface area contributed by atoms with E-state index in [2.05, 4.69) is 5.32 Å². The fraction of sp³-hybridized carbons (Fsp3) is 1.00. The highest BCUT2D eigenvalue weighted by atomic mass is 32.2. The molecule has 0 bridgehead atoms. The maximum Gasteiger partial charge on any atom is 0.309 e. The first-order valence-electron chi connectivity index (χ1n) is 6.07. The normalized spacial score (nSPS) is 28.8. The lowest BCUT2D eigenvalue weighted by Gasteiger charge is -2.47. The monoisotopic (exact) mass is 287 g/mol. The number of nitrogens with one attached hydrogen (secondary N) is 1. The Balaban J connectivity index is 2.08. The lowest BCUT2D eigenvalue weighted by atomic mass is 9.83. The molecule has 0 saturated carbocycles. The molecule has 7 heteroatoms. The van der Waals surface area contributed by atoms with Gasteiger partial charge in [-0.1, -0.05) is 0 Å². The van der Waals surface area contributed by atoms with Gasteiger partial charge in [0.2, 0.25) is 0 Å². The van der Waals surface area contributed by atoms with Gasteiger partial charge in [0.1, 0.15) is 0 Å². The molecular weight excluding hydrogens is 270 g/mol. The Bertz CT molecular complexity index is 276. The Morgan fingerprint density at radius 1 is 1.33 bits per heavy atom. The van der Waals surface area contributed by atoms with E-state index in [1.165, 1.54) is 0 Å². The largest absolute Gasteiger partial charge is 0.372 e. The van der Waals surface area contributed by atoms with Crippen molar-refractivity contribution in [3.8, 4) is 0 Å². The minimum atomic E-state index is -3.95. The van der Waals surface area contributed by atoms with Gasteiger partial charge in [-0.3, -0.25) is 0 Å². The maximum absolute atomic E-state index is 13.2. The van der Waals surface area contributed by atoms with Gasteiger partial charge in [-0.05, 0) is 24.3 Å². The molecule has 2 aliphatic heterocycles. The summed E-state index contributed by atoms with van der Waals surface area (Å²) in [6.45, 7) is 0.903. The summed E-state index contributed by atoms with van der Waals surface area (Å²) < 4.78 is 56.7. The third kappa shape index (κ3) is 2.93. The number of thioether (sulfide) groups is 1. The number of rotatable bonds is 3. The molecule has 2 rings (SSSR count). The molecule has 0 aromatic heterocycles. The SMILES string of the molecule is FC(F)C(F)(F)CC1NCCOC12CCSCC2. The molecule has 2 saturated heterocycles. The number of ether oxygens (including phenoxy) is 1. The van der Waals surface area contributed by atoms with Crippen molar-refractivity contribution in [3.63, 3.8) is 0 Å². The van der Waals surface area contributed by atoms with Crippen LogP contribution >= 0.6 is 11.8 Å². The molecule has 1 unspecified atom stereocenters. The zero-order valence-corrected chi connectivity index (χ0v) is 10.7. The van der Waals surface area contributed by atoms with Crippen molar-refractivity contribution in [2.45, 2.75) is 43.3 Å². The van der Waals surface area contributed by atoms with Crippen LogP contribution in [0.25, 0.3) is 0 Å². The van der Waals surface area contributed by atoms with Crippen LogP contribution in [0.4, 0.5) is 17.6 Å². The van der Waals surface area contributed by atoms with E-state index in [-0.39, 0.29) is 0 Å². The Hall–Kier alpha value is -0.0100. The Morgan fingerprint density at radius 2 is 2.00 bits per heavy atom. The third-order valence-electron chi connectivity index (χ3n) is 3.65. The number of alkyl halides is 4. The minimum Gasteiger partial charge on any atom is -0.372 e. The summed E-state index contributed by atoms with van der Waals surface area (Å²) in [6.07, 6.45) is -3.17. The zero-order chi connectivity index (χ0) is 13.2. The van der Waals surface area contributed by atoms with Crippen LogP contribution in [0.5, 0.6) is 0 Å². The summed E-state index contributed by atoms with van der Waals surface area (Å²) in [6, 6.07) is -0.684. The maximum atomic E-state index is 13.2. The first-order valence-corrected chi connectivity index (χ1v) is 7.23. The Kier molecular flexibility index (Phi) is 4.44. The lowest BCUT2D eigenvalue weighted by Crippen LogP contribution is -2.61. The van der Waals surface area contributed by atoms with Gasteiger partial charge in [0, 0.05) is 19.0 Å². The Labute approximate surface area is 108 Å². The van der Waals surface area contributed by atoms with Gasteiger partial charge in [0.05, 0.1) is 12.2 Å². The second kappa shape index (κ2) is 5.54. The number of halogens is 4. The van der Waals surface area contributed by atoms with E-state index in [1.54, 1.807) is 11.8 Å². The van der Waals surface area contributed by atoms with Crippen molar-refractivity contribution in [1.29, 1.82) is 0 Å². The molecule has 2 fully saturated rings. The molecule has 0 amide bonds. The summed E-state index contributed by atoms with van der Waals surface area (Å²) in [4.78, 5) is 0. The molecule has 1 spiro atoms. The van der Waals surface area contributed by atoms with E-state index in [4.69, 9.17) is 4.74 Å². The second-order valence-corrected chi connectivity index (χ2v) is 6.02. The van der Waals surface area contributed by atoms with Gasteiger partial charge in [-0.2, -0.15) is 11.8 Å². The van der Waals surface area contributed by atoms with E-state index < -0.39 is 30.4 Å². The fourth-order valence-electron chi connectivity index (χ4n) is 2.60. The van der Waals surface area contributed by atoms with Gasteiger partial charge >= 0.3 is 12.3 Å². The molecule has 2 heterocycles. The molecule has 106 valence electrons. The molecule has 0 aromatic rings. The Morgan fingerprint density at radius 3 is 2.61 bits per heavy atom. The highest BCUT2D eigenvalue weighted by Gasteiger charge is 2.50. The van der Waals surface area contributed by atoms with Crippen molar-refractivity contribution in [2.24, 2.45) is 0 Å². The van der Waals surface area contributed by atoms with E-state index in [9.17, 15) is 17.6 Å². The standard InChI is InChI=1S/C11H17F4NOS/c12-9(13)11(14,15)7-8-10(17-4-3-16-8)1-5-18-6-2-10/h8-9,16H,1-7H2. The fourth-order valence-corrected chi connectivity index (χ4v) is 3.79. The van der Waals surface area contributed by atoms with Crippen LogP contribution in [0.2, 0.25) is 0 Å².